The van der Waals surface area contributed by atoms with Crippen molar-refractivity contribution >= 4 is 28.1 Å². The first-order chi connectivity index (χ1) is 14.0. The first-order valence-corrected chi connectivity index (χ1v) is 9.59. The molecular formula is C21H18ClF3N2O3. The van der Waals surface area contributed by atoms with E-state index in [1.54, 1.807) is 25.1 Å². The Balaban J connectivity index is 1.94. The molecular weight excluding hydrogens is 421 g/mol. The van der Waals surface area contributed by atoms with E-state index in [0.717, 1.165) is 0 Å². The number of halogens is 4. The Morgan fingerprint density at radius 3 is 2.70 bits per heavy atom. The molecule has 1 heterocycles. The minimum absolute atomic E-state index is 0.0710. The number of aromatic nitrogens is 1. The Labute approximate surface area is 174 Å². The van der Waals surface area contributed by atoms with Crippen molar-refractivity contribution in [2.24, 2.45) is 0 Å². The molecule has 2 atom stereocenters. The minimum atomic E-state index is -4.94. The van der Waals surface area contributed by atoms with E-state index >= 15 is 0 Å². The molecule has 2 unspecified atom stereocenters. The zero-order valence-corrected chi connectivity index (χ0v) is 16.5. The number of hydrogen-bond donors (Lipinski definition) is 4. The number of aromatic hydroxyl groups is 1. The van der Waals surface area contributed by atoms with Gasteiger partial charge < -0.3 is 20.5 Å². The number of hydrogen-bond acceptors (Lipinski definition) is 4. The minimum Gasteiger partial charge on any atom is -0.506 e. The van der Waals surface area contributed by atoms with Crippen LogP contribution in [0.5, 0.6) is 5.75 Å². The number of nitrogens with one attached hydrogen (secondary N) is 2. The zero-order chi connectivity index (χ0) is 21.8. The van der Waals surface area contributed by atoms with Crippen molar-refractivity contribution < 1.29 is 23.4 Å². The summed E-state index contributed by atoms with van der Waals surface area (Å²) in [6.45, 7) is 1.57. The molecule has 4 rings (SSSR count). The predicted molar refractivity (Wildman–Crippen MR) is 108 cm³/mol. The highest BCUT2D eigenvalue weighted by Crippen LogP contribution is 2.51. The summed E-state index contributed by atoms with van der Waals surface area (Å²) >= 11 is 6.09. The number of benzene rings is 2. The lowest BCUT2D eigenvalue weighted by atomic mass is 9.74. The van der Waals surface area contributed by atoms with Gasteiger partial charge in [0, 0.05) is 28.2 Å². The summed E-state index contributed by atoms with van der Waals surface area (Å²) in [5.74, 6) is -0.281. The topological polar surface area (TPSA) is 85.3 Å². The van der Waals surface area contributed by atoms with Gasteiger partial charge in [-0.25, -0.2) is 0 Å². The largest absolute Gasteiger partial charge is 0.506 e. The molecule has 0 radical (unpaired) electrons. The number of rotatable bonds is 2. The smallest absolute Gasteiger partial charge is 0.419 e. The van der Waals surface area contributed by atoms with E-state index in [0.29, 0.717) is 16.3 Å². The quantitative estimate of drug-likeness (QED) is 0.471. The van der Waals surface area contributed by atoms with Crippen molar-refractivity contribution in [1.29, 1.82) is 0 Å². The van der Waals surface area contributed by atoms with Crippen molar-refractivity contribution in [1.82, 2.24) is 4.98 Å². The molecule has 1 aliphatic rings. The SMILES string of the molecule is Cc1cc2c(c(O)c1Cl)CCC(O)(C(F)(F)F)C2Nc1cccc2c(=O)[nH]ccc12. The standard InChI is InChI=1S/C21H18ClF3N2O3/c1-10-9-14-12(17(28)16(10)22)5-7-20(30,21(23,24)25)18(14)27-15-4-2-3-13-11(15)6-8-26-19(13)29/h2-4,6,8-9,18,27-28,30H,5,7H2,1H3,(H,26,29). The van der Waals surface area contributed by atoms with Crippen LogP contribution in [-0.4, -0.2) is 27.0 Å². The molecule has 2 aromatic carbocycles. The fraction of sp³-hybridized carbons (Fsp3) is 0.286. The van der Waals surface area contributed by atoms with Crippen LogP contribution in [-0.2, 0) is 6.42 Å². The Bertz CT molecular complexity index is 1210. The van der Waals surface area contributed by atoms with Crippen LogP contribution in [0.4, 0.5) is 18.9 Å². The summed E-state index contributed by atoms with van der Waals surface area (Å²) in [5.41, 5.74) is -2.45. The maximum absolute atomic E-state index is 14.0. The number of aryl methyl sites for hydroxylation is 1. The lowest BCUT2D eigenvalue weighted by Crippen LogP contribution is -2.54. The van der Waals surface area contributed by atoms with E-state index in [1.807, 2.05) is 0 Å². The van der Waals surface area contributed by atoms with E-state index in [2.05, 4.69) is 10.3 Å². The third-order valence-electron chi connectivity index (χ3n) is 5.71. The number of aromatic amines is 1. The molecule has 4 N–H and O–H groups in total. The molecule has 0 spiro atoms. The first-order valence-electron chi connectivity index (χ1n) is 9.21. The number of anilines is 1. The van der Waals surface area contributed by atoms with Gasteiger partial charge in [-0.1, -0.05) is 23.7 Å². The van der Waals surface area contributed by atoms with Crippen LogP contribution in [0.25, 0.3) is 10.8 Å². The van der Waals surface area contributed by atoms with Gasteiger partial charge in [-0.3, -0.25) is 4.79 Å². The van der Waals surface area contributed by atoms with Crippen molar-refractivity contribution in [3.63, 3.8) is 0 Å². The van der Waals surface area contributed by atoms with Gasteiger partial charge in [-0.15, -0.1) is 0 Å². The normalized spacial score (nSPS) is 21.5. The van der Waals surface area contributed by atoms with E-state index in [-0.39, 0.29) is 39.6 Å². The molecule has 0 saturated carbocycles. The predicted octanol–water partition coefficient (Wildman–Crippen LogP) is 4.59. The van der Waals surface area contributed by atoms with Crippen LogP contribution < -0.4 is 10.9 Å². The molecule has 0 aliphatic heterocycles. The third kappa shape index (κ3) is 3.02. The summed E-state index contributed by atoms with van der Waals surface area (Å²) < 4.78 is 42.0. The summed E-state index contributed by atoms with van der Waals surface area (Å²) in [7, 11) is 0. The Morgan fingerprint density at radius 1 is 1.27 bits per heavy atom. The fourth-order valence-electron chi connectivity index (χ4n) is 4.08. The Kier molecular flexibility index (Phi) is 4.74. The summed E-state index contributed by atoms with van der Waals surface area (Å²) in [4.78, 5) is 14.6. The summed E-state index contributed by atoms with van der Waals surface area (Å²) in [6, 6.07) is 6.03. The second kappa shape index (κ2) is 6.92. The summed E-state index contributed by atoms with van der Waals surface area (Å²) in [6.07, 6.45) is -4.38. The monoisotopic (exact) mass is 438 g/mol. The van der Waals surface area contributed by atoms with Gasteiger partial charge in [0.15, 0.2) is 5.60 Å². The molecule has 1 aromatic heterocycles. The lowest BCUT2D eigenvalue weighted by Gasteiger charge is -2.43. The second-order valence-electron chi connectivity index (χ2n) is 7.50. The van der Waals surface area contributed by atoms with E-state index in [1.165, 1.54) is 18.3 Å². The Morgan fingerprint density at radius 2 is 2.00 bits per heavy atom. The van der Waals surface area contributed by atoms with E-state index in [4.69, 9.17) is 11.6 Å². The number of aliphatic hydroxyl groups is 1. The van der Waals surface area contributed by atoms with E-state index in [9.17, 15) is 28.2 Å². The first kappa shape index (κ1) is 20.6. The van der Waals surface area contributed by atoms with E-state index < -0.39 is 24.2 Å². The highest BCUT2D eigenvalue weighted by Gasteiger charge is 2.61. The highest BCUT2D eigenvalue weighted by atomic mass is 35.5. The molecule has 5 nitrogen and oxygen atoms in total. The number of alkyl halides is 3. The fourth-order valence-corrected chi connectivity index (χ4v) is 4.25. The molecule has 30 heavy (non-hydrogen) atoms. The van der Waals surface area contributed by atoms with Gasteiger partial charge in [0.1, 0.15) is 5.75 Å². The molecule has 158 valence electrons. The van der Waals surface area contributed by atoms with Crippen molar-refractivity contribution in [2.45, 2.75) is 37.6 Å². The van der Waals surface area contributed by atoms with Crippen molar-refractivity contribution in [3.8, 4) is 5.75 Å². The summed E-state index contributed by atoms with van der Waals surface area (Å²) in [5, 5.41) is 24.8. The third-order valence-corrected chi connectivity index (χ3v) is 6.19. The molecule has 0 saturated heterocycles. The van der Waals surface area contributed by atoms with Gasteiger partial charge in [-0.2, -0.15) is 13.2 Å². The molecule has 9 heteroatoms. The van der Waals surface area contributed by atoms with Gasteiger partial charge in [0.05, 0.1) is 11.1 Å². The molecule has 0 fully saturated rings. The van der Waals surface area contributed by atoms with Crippen LogP contribution in [0.2, 0.25) is 5.02 Å². The van der Waals surface area contributed by atoms with Crippen molar-refractivity contribution in [2.75, 3.05) is 5.32 Å². The van der Waals surface area contributed by atoms with Gasteiger partial charge in [-0.05, 0) is 49.1 Å². The second-order valence-corrected chi connectivity index (χ2v) is 7.87. The van der Waals surface area contributed by atoms with Crippen molar-refractivity contribution in [3.05, 3.63) is 68.6 Å². The van der Waals surface area contributed by atoms with Gasteiger partial charge >= 0.3 is 6.18 Å². The Hall–Kier alpha value is -2.71. The van der Waals surface area contributed by atoms with Crippen LogP contribution in [0.3, 0.4) is 0 Å². The zero-order valence-electron chi connectivity index (χ0n) is 15.8. The average molecular weight is 439 g/mol. The van der Waals surface area contributed by atoms with Gasteiger partial charge in [0.25, 0.3) is 5.56 Å². The number of pyridine rings is 1. The molecule has 1 aliphatic carbocycles. The molecule has 0 bridgehead atoms. The maximum atomic E-state index is 14.0. The number of H-pyrrole nitrogens is 1. The van der Waals surface area contributed by atoms with Gasteiger partial charge in [0.2, 0.25) is 0 Å². The molecule has 3 aromatic rings. The van der Waals surface area contributed by atoms with Crippen LogP contribution in [0.1, 0.15) is 29.2 Å². The highest BCUT2D eigenvalue weighted by molar-refractivity contribution is 6.32. The lowest BCUT2D eigenvalue weighted by molar-refractivity contribution is -0.270. The van der Waals surface area contributed by atoms with Crippen LogP contribution in [0.15, 0.2) is 41.3 Å². The van der Waals surface area contributed by atoms with Crippen LogP contribution >= 0.6 is 11.6 Å². The maximum Gasteiger partial charge on any atom is 0.419 e. The molecule has 0 amide bonds. The average Bonchev–Trinajstić information content (AvgIpc) is 2.68. The van der Waals surface area contributed by atoms with Crippen LogP contribution in [0, 0.1) is 6.92 Å². The number of phenolic OH excluding ortho intramolecular Hbond substituents is 1. The number of phenols is 1. The number of fused-ring (bicyclic) bond motifs is 2.